The third kappa shape index (κ3) is 5.47. The van der Waals surface area contributed by atoms with Crippen LogP contribution in [0.1, 0.15) is 19.4 Å². The SMILES string of the molecule is CC(C)NCNC(Cc1ccccc1)C(=O)O. The first-order valence-electron chi connectivity index (χ1n) is 5.83. The molecule has 94 valence electrons. The van der Waals surface area contributed by atoms with Crippen molar-refractivity contribution < 1.29 is 9.90 Å². The Hall–Kier alpha value is -1.39. The second kappa shape index (κ2) is 7.04. The molecule has 1 aromatic rings. The third-order valence-corrected chi connectivity index (χ3v) is 2.44. The molecule has 0 spiro atoms. The highest BCUT2D eigenvalue weighted by molar-refractivity contribution is 5.73. The first kappa shape index (κ1) is 13.7. The molecule has 0 aliphatic rings. The number of carboxylic acids is 1. The number of benzene rings is 1. The number of carbonyl (C=O) groups is 1. The highest BCUT2D eigenvalue weighted by Crippen LogP contribution is 2.03. The lowest BCUT2D eigenvalue weighted by molar-refractivity contribution is -0.139. The maximum absolute atomic E-state index is 11.1. The molecule has 4 nitrogen and oxygen atoms in total. The Kier molecular flexibility index (Phi) is 5.66. The van der Waals surface area contributed by atoms with Crippen LogP contribution >= 0.6 is 0 Å². The maximum atomic E-state index is 11.1. The van der Waals surface area contributed by atoms with Gasteiger partial charge in [-0.05, 0) is 25.8 Å². The van der Waals surface area contributed by atoms with E-state index in [0.29, 0.717) is 19.1 Å². The zero-order valence-corrected chi connectivity index (χ0v) is 10.3. The quantitative estimate of drug-likeness (QED) is 0.623. The number of nitrogens with one attached hydrogen (secondary N) is 2. The van der Waals surface area contributed by atoms with Crippen molar-refractivity contribution >= 4 is 5.97 Å². The van der Waals surface area contributed by atoms with Gasteiger partial charge in [-0.1, -0.05) is 30.3 Å². The molecule has 0 fully saturated rings. The van der Waals surface area contributed by atoms with Crippen molar-refractivity contribution in [3.05, 3.63) is 35.9 Å². The summed E-state index contributed by atoms with van der Waals surface area (Å²) in [4.78, 5) is 11.1. The monoisotopic (exact) mass is 236 g/mol. The second-order valence-corrected chi connectivity index (χ2v) is 4.32. The molecule has 0 heterocycles. The third-order valence-electron chi connectivity index (χ3n) is 2.44. The molecular weight excluding hydrogens is 216 g/mol. The van der Waals surface area contributed by atoms with Crippen LogP contribution in [0, 0.1) is 0 Å². The lowest BCUT2D eigenvalue weighted by Crippen LogP contribution is -2.44. The van der Waals surface area contributed by atoms with Crippen LogP contribution in [0.2, 0.25) is 0 Å². The Morgan fingerprint density at radius 2 is 1.88 bits per heavy atom. The average molecular weight is 236 g/mol. The fraction of sp³-hybridized carbons (Fsp3) is 0.462. The molecule has 1 aromatic carbocycles. The standard InChI is InChI=1S/C13H20N2O2/c1-10(2)14-9-15-12(13(16)17)8-11-6-4-3-5-7-11/h3-7,10,12,14-15H,8-9H2,1-2H3,(H,16,17). The number of hydrogen-bond donors (Lipinski definition) is 3. The fourth-order valence-electron chi connectivity index (χ4n) is 1.48. The van der Waals surface area contributed by atoms with Gasteiger partial charge >= 0.3 is 5.97 Å². The first-order valence-corrected chi connectivity index (χ1v) is 5.83. The Morgan fingerprint density at radius 1 is 1.24 bits per heavy atom. The second-order valence-electron chi connectivity index (χ2n) is 4.32. The molecule has 0 aliphatic heterocycles. The van der Waals surface area contributed by atoms with E-state index in [4.69, 9.17) is 5.11 Å². The maximum Gasteiger partial charge on any atom is 0.321 e. The van der Waals surface area contributed by atoms with E-state index in [1.807, 2.05) is 44.2 Å². The molecule has 1 atom stereocenters. The lowest BCUT2D eigenvalue weighted by atomic mass is 10.1. The van der Waals surface area contributed by atoms with Gasteiger partial charge in [0, 0.05) is 12.7 Å². The molecule has 4 heteroatoms. The molecule has 0 aliphatic carbocycles. The number of aliphatic carboxylic acids is 1. The molecule has 0 amide bonds. The van der Waals surface area contributed by atoms with Crippen molar-refractivity contribution in [3.63, 3.8) is 0 Å². The van der Waals surface area contributed by atoms with Crippen LogP contribution in [-0.4, -0.2) is 29.8 Å². The summed E-state index contributed by atoms with van der Waals surface area (Å²) in [5, 5.41) is 15.2. The summed E-state index contributed by atoms with van der Waals surface area (Å²) in [6.07, 6.45) is 0.496. The van der Waals surface area contributed by atoms with Gasteiger partial charge in [0.2, 0.25) is 0 Å². The lowest BCUT2D eigenvalue weighted by Gasteiger charge is -2.16. The summed E-state index contributed by atoms with van der Waals surface area (Å²) in [6.45, 7) is 4.55. The minimum Gasteiger partial charge on any atom is -0.480 e. The molecule has 3 N–H and O–H groups in total. The smallest absolute Gasteiger partial charge is 0.321 e. The van der Waals surface area contributed by atoms with Crippen molar-refractivity contribution in [3.8, 4) is 0 Å². The summed E-state index contributed by atoms with van der Waals surface area (Å²) in [6, 6.07) is 9.42. The molecule has 1 rings (SSSR count). The summed E-state index contributed by atoms with van der Waals surface area (Å²) < 4.78 is 0. The zero-order valence-electron chi connectivity index (χ0n) is 10.3. The molecule has 0 radical (unpaired) electrons. The first-order chi connectivity index (χ1) is 8.09. The van der Waals surface area contributed by atoms with E-state index in [1.165, 1.54) is 0 Å². The van der Waals surface area contributed by atoms with Gasteiger partial charge in [0.05, 0.1) is 0 Å². The van der Waals surface area contributed by atoms with Gasteiger partial charge in [-0.15, -0.1) is 0 Å². The highest BCUT2D eigenvalue weighted by atomic mass is 16.4. The normalized spacial score (nSPS) is 12.6. The largest absolute Gasteiger partial charge is 0.480 e. The van der Waals surface area contributed by atoms with Crippen LogP contribution < -0.4 is 10.6 Å². The van der Waals surface area contributed by atoms with Crippen LogP contribution in [0.4, 0.5) is 0 Å². The van der Waals surface area contributed by atoms with Gasteiger partial charge in [0.25, 0.3) is 0 Å². The molecule has 17 heavy (non-hydrogen) atoms. The Labute approximate surface area is 102 Å². The summed E-state index contributed by atoms with van der Waals surface area (Å²) >= 11 is 0. The van der Waals surface area contributed by atoms with E-state index in [0.717, 1.165) is 5.56 Å². The van der Waals surface area contributed by atoms with E-state index < -0.39 is 12.0 Å². The van der Waals surface area contributed by atoms with E-state index >= 15 is 0 Å². The Morgan fingerprint density at radius 3 is 2.41 bits per heavy atom. The minimum atomic E-state index is -0.820. The van der Waals surface area contributed by atoms with Gasteiger partial charge in [0.1, 0.15) is 6.04 Å². The van der Waals surface area contributed by atoms with Gasteiger partial charge in [-0.25, -0.2) is 0 Å². The van der Waals surface area contributed by atoms with Crippen LogP contribution in [-0.2, 0) is 11.2 Å². The van der Waals surface area contributed by atoms with Crippen LogP contribution in [0.25, 0.3) is 0 Å². The van der Waals surface area contributed by atoms with E-state index in [-0.39, 0.29) is 0 Å². The van der Waals surface area contributed by atoms with E-state index in [1.54, 1.807) is 0 Å². The fourth-order valence-corrected chi connectivity index (χ4v) is 1.48. The number of hydrogen-bond acceptors (Lipinski definition) is 3. The topological polar surface area (TPSA) is 61.4 Å². The van der Waals surface area contributed by atoms with Crippen molar-refractivity contribution in [2.45, 2.75) is 32.4 Å². The Bertz CT molecular complexity index is 339. The van der Waals surface area contributed by atoms with Crippen LogP contribution in [0.3, 0.4) is 0 Å². The van der Waals surface area contributed by atoms with Gasteiger partial charge < -0.3 is 10.4 Å². The molecule has 0 bridgehead atoms. The van der Waals surface area contributed by atoms with Crippen molar-refractivity contribution in [1.29, 1.82) is 0 Å². The van der Waals surface area contributed by atoms with Gasteiger partial charge in [-0.2, -0.15) is 0 Å². The molecule has 0 aromatic heterocycles. The summed E-state index contributed by atoms with van der Waals surface area (Å²) in [5.74, 6) is -0.820. The predicted octanol–water partition coefficient (Wildman–Crippen LogP) is 1.23. The summed E-state index contributed by atoms with van der Waals surface area (Å²) in [7, 11) is 0. The van der Waals surface area contributed by atoms with Gasteiger partial charge in [-0.3, -0.25) is 10.1 Å². The van der Waals surface area contributed by atoms with Gasteiger partial charge in [0.15, 0.2) is 0 Å². The Balaban J connectivity index is 2.47. The molecule has 0 saturated carbocycles. The minimum absolute atomic E-state index is 0.341. The van der Waals surface area contributed by atoms with Crippen molar-refractivity contribution in [2.75, 3.05) is 6.67 Å². The molecule has 1 unspecified atom stereocenters. The van der Waals surface area contributed by atoms with E-state index in [2.05, 4.69) is 10.6 Å². The average Bonchev–Trinajstić information content (AvgIpc) is 2.28. The van der Waals surface area contributed by atoms with E-state index in [9.17, 15) is 4.79 Å². The predicted molar refractivity (Wildman–Crippen MR) is 67.8 cm³/mol. The van der Waals surface area contributed by atoms with Crippen molar-refractivity contribution in [2.24, 2.45) is 0 Å². The number of rotatable bonds is 7. The molecule has 0 saturated heterocycles. The summed E-state index contributed by atoms with van der Waals surface area (Å²) in [5.41, 5.74) is 1.02. The zero-order chi connectivity index (χ0) is 12.7. The van der Waals surface area contributed by atoms with Crippen LogP contribution in [0.5, 0.6) is 0 Å². The molecular formula is C13H20N2O2. The number of carboxylic acid groups (broad SMARTS) is 1. The van der Waals surface area contributed by atoms with Crippen molar-refractivity contribution in [1.82, 2.24) is 10.6 Å². The van der Waals surface area contributed by atoms with Crippen LogP contribution in [0.15, 0.2) is 30.3 Å². The highest BCUT2D eigenvalue weighted by Gasteiger charge is 2.16.